The van der Waals surface area contributed by atoms with Gasteiger partial charge in [0.05, 0.1) is 6.04 Å². The highest BCUT2D eigenvalue weighted by atomic mass is 32.3. The molecule has 14 heteroatoms. The van der Waals surface area contributed by atoms with E-state index in [-0.39, 0.29) is 41.2 Å². The highest BCUT2D eigenvalue weighted by Crippen LogP contribution is 2.65. The monoisotopic (exact) mass is 709 g/mol. The number of carbonyl (C=O) groups excluding carboxylic acids is 5. The van der Waals surface area contributed by atoms with Gasteiger partial charge in [0, 0.05) is 45.0 Å². The zero-order chi connectivity index (χ0) is 37.1. The fourth-order valence-electron chi connectivity index (χ4n) is 7.14. The lowest BCUT2D eigenvalue weighted by atomic mass is 9.85. The van der Waals surface area contributed by atoms with E-state index in [9.17, 15) is 28.2 Å². The molecular weight excluding hydrogens is 646 g/mol. The number of amides is 5. The second kappa shape index (κ2) is 15.6. The van der Waals surface area contributed by atoms with Gasteiger partial charge in [-0.1, -0.05) is 81.2 Å². The van der Waals surface area contributed by atoms with Crippen LogP contribution in [0.5, 0.6) is 0 Å². The quantitative estimate of drug-likeness (QED) is 0.0916. The van der Waals surface area contributed by atoms with Crippen LogP contribution in [-0.2, 0) is 29.5 Å². The standard InChI is InChI=1S/C35H63N7O6S/c1-12-14-16-23(27(43)30(45)36-17-13-2)38-29(44)26-25-22(35(25,9)10)20-42(26)31(46)28(34(6,7)8)40-32(47)39-24(33(3,4)5)21-41-19-15-18-37-49(41,11)48/h13,22-26,28,49H,2,12,14-21H2,1,3-11H3,(H,36,45)(H,37,48)(H,38,44)(H2,39,40,47)/t22-,23?,24+,25-,26-,28+/m0/s1. The maximum atomic E-state index is 14.4. The SMILES string of the molecule is C=CCNC(=O)C(=O)C(CCCC)NC(=O)[C@@H]1[C@@H]2[C@H](CN1C(=O)[C@@H](NC(=O)N[C@H](CN1CCCN[SH]1(C)=O)C(C)(C)C)C(C)(C)C)C2(C)C. The first-order chi connectivity index (χ1) is 22.6. The van der Waals surface area contributed by atoms with E-state index in [4.69, 9.17) is 0 Å². The van der Waals surface area contributed by atoms with Crippen LogP contribution >= 0.6 is 0 Å². The second-order valence-electron chi connectivity index (χ2n) is 16.8. The number of nitrogens with zero attached hydrogens (tertiary/aromatic N) is 2. The molecule has 0 aromatic heterocycles. The van der Waals surface area contributed by atoms with Crippen molar-refractivity contribution < 1.29 is 28.2 Å². The largest absolute Gasteiger partial charge is 0.346 e. The molecule has 0 aromatic rings. The summed E-state index contributed by atoms with van der Waals surface area (Å²) in [6.45, 7) is 23.4. The van der Waals surface area contributed by atoms with Crippen LogP contribution in [-0.4, -0.2) is 106 Å². The van der Waals surface area contributed by atoms with Crippen molar-refractivity contribution in [2.24, 2.45) is 28.1 Å². The highest BCUT2D eigenvalue weighted by Gasteiger charge is 2.70. The van der Waals surface area contributed by atoms with Crippen molar-refractivity contribution in [3.8, 4) is 0 Å². The van der Waals surface area contributed by atoms with Crippen LogP contribution < -0.4 is 26.0 Å². The zero-order valence-corrected chi connectivity index (χ0v) is 32.3. The molecule has 49 heavy (non-hydrogen) atoms. The number of carbonyl (C=O) groups is 5. The minimum absolute atomic E-state index is 0.0792. The number of unbranched alkanes of at least 4 members (excludes halogenated alkanes) is 1. The Kier molecular flexibility index (Phi) is 12.9. The van der Waals surface area contributed by atoms with Crippen LogP contribution in [0, 0.1) is 28.1 Å². The number of hydrogen-bond acceptors (Lipinski definition) is 6. The Labute approximate surface area is 294 Å². The minimum atomic E-state index is -2.74. The molecule has 3 aliphatic rings. The summed E-state index contributed by atoms with van der Waals surface area (Å²) in [6.07, 6.45) is 5.71. The molecule has 0 bridgehead atoms. The molecule has 2 heterocycles. The summed E-state index contributed by atoms with van der Waals surface area (Å²) in [4.78, 5) is 69.4. The third kappa shape index (κ3) is 9.69. The molecule has 1 saturated carbocycles. The molecule has 5 N–H and O–H groups in total. The molecule has 1 unspecified atom stereocenters. The average Bonchev–Trinajstić information content (AvgIpc) is 3.31. The predicted molar refractivity (Wildman–Crippen MR) is 194 cm³/mol. The van der Waals surface area contributed by atoms with Crippen molar-refractivity contribution in [1.82, 2.24) is 35.2 Å². The van der Waals surface area contributed by atoms with Crippen LogP contribution in [0.4, 0.5) is 4.79 Å². The van der Waals surface area contributed by atoms with Gasteiger partial charge in [-0.25, -0.2) is 13.8 Å². The van der Waals surface area contributed by atoms with E-state index in [0.29, 0.717) is 39.0 Å². The molecule has 2 aliphatic heterocycles. The molecule has 2 saturated heterocycles. The number of rotatable bonds is 14. The normalized spacial score (nSPS) is 25.5. The number of likely N-dealkylation sites (tertiary alicyclic amines) is 1. The number of urea groups is 1. The molecule has 3 fully saturated rings. The zero-order valence-electron chi connectivity index (χ0n) is 31.4. The van der Waals surface area contributed by atoms with Crippen molar-refractivity contribution in [3.05, 3.63) is 12.7 Å². The lowest BCUT2D eigenvalue weighted by molar-refractivity contribution is -0.145. The lowest BCUT2D eigenvalue weighted by Gasteiger charge is -2.43. The van der Waals surface area contributed by atoms with Crippen LogP contribution in [0.25, 0.3) is 0 Å². The molecule has 0 radical (unpaired) electrons. The van der Waals surface area contributed by atoms with E-state index in [2.05, 4.69) is 46.4 Å². The number of fused-ring (bicyclic) bond motifs is 1. The number of nitrogens with one attached hydrogen (secondary N) is 5. The Bertz CT molecular complexity index is 1320. The first kappa shape index (κ1) is 40.6. The summed E-state index contributed by atoms with van der Waals surface area (Å²) in [5.41, 5.74) is -1.28. The van der Waals surface area contributed by atoms with E-state index < -0.39 is 57.5 Å². The molecule has 3 rings (SSSR count). The van der Waals surface area contributed by atoms with Gasteiger partial charge in [0.15, 0.2) is 0 Å². The molecule has 13 nitrogen and oxygen atoms in total. The Morgan fingerprint density at radius 1 is 1.04 bits per heavy atom. The Hall–Kier alpha value is -2.84. The van der Waals surface area contributed by atoms with Crippen LogP contribution in [0.2, 0.25) is 0 Å². The lowest BCUT2D eigenvalue weighted by Crippen LogP contribution is -2.63. The third-order valence-electron chi connectivity index (χ3n) is 10.5. The van der Waals surface area contributed by atoms with Gasteiger partial charge >= 0.3 is 6.03 Å². The Balaban J connectivity index is 1.83. The molecular formula is C35H63N7O6S. The number of ketones is 1. The van der Waals surface area contributed by atoms with Crippen molar-refractivity contribution >= 4 is 39.8 Å². The van der Waals surface area contributed by atoms with Gasteiger partial charge in [0.1, 0.15) is 12.1 Å². The van der Waals surface area contributed by atoms with Gasteiger partial charge in [0.2, 0.25) is 17.6 Å². The van der Waals surface area contributed by atoms with Crippen molar-refractivity contribution in [2.45, 2.75) is 112 Å². The molecule has 6 atom stereocenters. The minimum Gasteiger partial charge on any atom is -0.346 e. The Morgan fingerprint density at radius 3 is 2.24 bits per heavy atom. The molecule has 0 spiro atoms. The van der Waals surface area contributed by atoms with Gasteiger partial charge in [-0.3, -0.25) is 23.4 Å². The van der Waals surface area contributed by atoms with Gasteiger partial charge in [-0.15, -0.1) is 6.58 Å². The van der Waals surface area contributed by atoms with E-state index in [0.717, 1.165) is 12.8 Å². The fourth-order valence-corrected chi connectivity index (χ4v) is 8.91. The van der Waals surface area contributed by atoms with E-state index in [1.807, 2.05) is 52.8 Å². The summed E-state index contributed by atoms with van der Waals surface area (Å²) in [5, 5.41) is 11.3. The number of hydrogen-bond donors (Lipinski definition) is 6. The molecule has 1 aliphatic carbocycles. The maximum absolute atomic E-state index is 14.4. The van der Waals surface area contributed by atoms with Crippen molar-refractivity contribution in [2.75, 3.05) is 39.0 Å². The summed E-state index contributed by atoms with van der Waals surface area (Å²) >= 11 is 0. The molecule has 5 amide bonds. The number of thiol groups is 1. The Morgan fingerprint density at radius 2 is 1.69 bits per heavy atom. The first-order valence-electron chi connectivity index (χ1n) is 17.8. The highest BCUT2D eigenvalue weighted by molar-refractivity contribution is 7.98. The summed E-state index contributed by atoms with van der Waals surface area (Å²) in [6, 6.07) is -3.76. The maximum Gasteiger partial charge on any atom is 0.315 e. The van der Waals surface area contributed by atoms with Gasteiger partial charge < -0.3 is 26.2 Å². The van der Waals surface area contributed by atoms with E-state index >= 15 is 0 Å². The van der Waals surface area contributed by atoms with Crippen LogP contribution in [0.3, 0.4) is 0 Å². The average molecular weight is 710 g/mol. The molecule has 0 aromatic carbocycles. The second-order valence-corrected chi connectivity index (χ2v) is 19.5. The van der Waals surface area contributed by atoms with Crippen LogP contribution in [0.1, 0.15) is 88.0 Å². The number of piperidine rings is 1. The smallest absolute Gasteiger partial charge is 0.315 e. The predicted octanol–water partition coefficient (Wildman–Crippen LogP) is 1.92. The first-order valence-corrected chi connectivity index (χ1v) is 19.9. The fraction of sp³-hybridized carbons (Fsp3) is 0.800. The summed E-state index contributed by atoms with van der Waals surface area (Å²) in [5.74, 6) is -2.42. The van der Waals surface area contributed by atoms with Crippen LogP contribution in [0.15, 0.2) is 12.7 Å². The summed E-state index contributed by atoms with van der Waals surface area (Å²) < 4.78 is 18.2. The third-order valence-corrected chi connectivity index (χ3v) is 12.8. The van der Waals surface area contributed by atoms with Crippen molar-refractivity contribution in [3.63, 3.8) is 0 Å². The van der Waals surface area contributed by atoms with E-state index in [1.165, 1.54) is 6.08 Å². The van der Waals surface area contributed by atoms with E-state index in [1.54, 1.807) is 11.2 Å². The van der Waals surface area contributed by atoms with Crippen molar-refractivity contribution in [1.29, 1.82) is 0 Å². The summed E-state index contributed by atoms with van der Waals surface area (Å²) in [7, 11) is -2.74. The molecule has 280 valence electrons. The van der Waals surface area contributed by atoms with Gasteiger partial charge in [-0.05, 0) is 51.2 Å². The van der Waals surface area contributed by atoms with Gasteiger partial charge in [-0.2, -0.15) is 0 Å². The van der Waals surface area contributed by atoms with Gasteiger partial charge in [0.25, 0.3) is 5.91 Å². The number of Topliss-reactive ketones (excluding diaryl/α,β-unsaturated/α-hetero) is 1. The topological polar surface area (TPSA) is 169 Å².